The van der Waals surface area contributed by atoms with Crippen molar-refractivity contribution in [3.8, 4) is 0 Å². The molecule has 1 aromatic carbocycles. The Bertz CT molecular complexity index is 584. The highest BCUT2D eigenvalue weighted by molar-refractivity contribution is 6.81. The summed E-state index contributed by atoms with van der Waals surface area (Å²) in [5, 5.41) is 0.685. The van der Waals surface area contributed by atoms with Crippen molar-refractivity contribution in [2.24, 2.45) is 0 Å². The van der Waals surface area contributed by atoms with Gasteiger partial charge in [-0.1, -0.05) is 43.4 Å². The van der Waals surface area contributed by atoms with Crippen molar-refractivity contribution in [2.75, 3.05) is 0 Å². The van der Waals surface area contributed by atoms with Crippen molar-refractivity contribution < 1.29 is 13.6 Å². The highest BCUT2D eigenvalue weighted by atomic mass is 35.5. The third kappa shape index (κ3) is 7.78. The standard InChI is InChI=1S/C18H33ClO3Si3/c1-23(2,3)17(18(20)22-25(7,8)9)16(21-24(4,5)6)14-10-12-15(19)13-11-14/h10-13,16-17H,1-9H3/t16-,17-/m0/s1. The fourth-order valence-electron chi connectivity index (χ4n) is 2.66. The number of carbonyl (C=O) groups excluding carboxylic acids is 1. The van der Waals surface area contributed by atoms with E-state index in [1.54, 1.807) is 0 Å². The molecule has 0 heterocycles. The lowest BCUT2D eigenvalue weighted by Gasteiger charge is -2.39. The minimum Gasteiger partial charge on any atom is -0.520 e. The van der Waals surface area contributed by atoms with Crippen LogP contribution in [-0.4, -0.2) is 30.7 Å². The van der Waals surface area contributed by atoms with Crippen LogP contribution in [0.1, 0.15) is 11.7 Å². The molecule has 0 spiro atoms. The maximum absolute atomic E-state index is 13.1. The average molecular weight is 417 g/mol. The molecule has 0 aliphatic rings. The van der Waals surface area contributed by atoms with E-state index < -0.39 is 24.7 Å². The fraction of sp³-hybridized carbons (Fsp3) is 0.611. The Hall–Kier alpha value is -0.409. The minimum atomic E-state index is -1.97. The van der Waals surface area contributed by atoms with E-state index in [0.717, 1.165) is 5.56 Å². The second kappa shape index (κ2) is 8.08. The molecule has 0 saturated heterocycles. The van der Waals surface area contributed by atoms with Gasteiger partial charge in [-0.15, -0.1) is 0 Å². The summed E-state index contributed by atoms with van der Waals surface area (Å²) in [7, 11) is -5.74. The van der Waals surface area contributed by atoms with Crippen molar-refractivity contribution in [1.29, 1.82) is 0 Å². The van der Waals surface area contributed by atoms with Gasteiger partial charge in [0.25, 0.3) is 5.97 Å². The molecular weight excluding hydrogens is 384 g/mol. The Morgan fingerprint density at radius 2 is 1.36 bits per heavy atom. The second-order valence-electron chi connectivity index (χ2n) is 9.58. The quantitative estimate of drug-likeness (QED) is 0.487. The van der Waals surface area contributed by atoms with Crippen LogP contribution < -0.4 is 0 Å². The SMILES string of the molecule is C[Si](C)(C)OC(=O)[C@H]([C@@H](O[Si](C)(C)C)c1ccc(Cl)cc1)[Si](C)(C)C. The lowest BCUT2D eigenvalue weighted by atomic mass is 10.1. The number of hydrogen-bond donors (Lipinski definition) is 0. The van der Waals surface area contributed by atoms with Crippen molar-refractivity contribution in [3.05, 3.63) is 34.9 Å². The van der Waals surface area contributed by atoms with Crippen molar-refractivity contribution in [1.82, 2.24) is 0 Å². The average Bonchev–Trinajstić information content (AvgIpc) is 2.33. The van der Waals surface area contributed by atoms with Gasteiger partial charge in [0.15, 0.2) is 8.32 Å². The number of hydrogen-bond acceptors (Lipinski definition) is 3. The van der Waals surface area contributed by atoms with Crippen LogP contribution in [0.4, 0.5) is 0 Å². The molecule has 142 valence electrons. The molecule has 0 unspecified atom stereocenters. The lowest BCUT2D eigenvalue weighted by molar-refractivity contribution is -0.137. The summed E-state index contributed by atoms with van der Waals surface area (Å²) >= 11 is 6.06. The molecule has 0 aliphatic heterocycles. The van der Waals surface area contributed by atoms with E-state index in [0.29, 0.717) is 5.02 Å². The summed E-state index contributed by atoms with van der Waals surface area (Å²) in [5.41, 5.74) is 0.763. The maximum Gasteiger partial charge on any atom is 0.295 e. The molecule has 7 heteroatoms. The summed E-state index contributed by atoms with van der Waals surface area (Å²) in [5.74, 6) is -0.100. The Morgan fingerprint density at radius 1 is 0.880 bits per heavy atom. The van der Waals surface area contributed by atoms with Crippen LogP contribution in [0, 0.1) is 0 Å². The van der Waals surface area contributed by atoms with Crippen LogP contribution >= 0.6 is 11.6 Å². The number of rotatable bonds is 7. The molecule has 0 aliphatic carbocycles. The fourth-order valence-corrected chi connectivity index (χ4v) is 6.74. The minimum absolute atomic E-state index is 0.100. The van der Waals surface area contributed by atoms with E-state index in [1.165, 1.54) is 0 Å². The third-order valence-corrected chi connectivity index (χ3v) is 8.01. The summed E-state index contributed by atoms with van der Waals surface area (Å²) in [6.45, 7) is 19.2. The zero-order valence-corrected chi connectivity index (χ0v) is 20.8. The number of halogens is 1. The summed E-state index contributed by atoms with van der Waals surface area (Å²) < 4.78 is 12.4. The van der Waals surface area contributed by atoms with Gasteiger partial charge in [0.1, 0.15) is 0 Å². The second-order valence-corrected chi connectivity index (χ2v) is 24.3. The zero-order chi connectivity index (χ0) is 19.6. The predicted octanol–water partition coefficient (Wildman–Crippen LogP) is 6.32. The van der Waals surface area contributed by atoms with Crippen LogP contribution in [0.15, 0.2) is 24.3 Å². The first-order chi connectivity index (χ1) is 11.1. The third-order valence-electron chi connectivity index (χ3n) is 3.58. The first-order valence-corrected chi connectivity index (χ1v) is 19.5. The molecule has 25 heavy (non-hydrogen) atoms. The monoisotopic (exact) mass is 416 g/mol. The van der Waals surface area contributed by atoms with E-state index in [9.17, 15) is 4.79 Å². The molecule has 1 rings (SSSR count). The van der Waals surface area contributed by atoms with E-state index >= 15 is 0 Å². The molecule has 0 amide bonds. The summed E-state index contributed by atoms with van der Waals surface area (Å²) in [4.78, 5) is 13.1. The molecule has 0 fully saturated rings. The van der Waals surface area contributed by atoms with Gasteiger partial charge in [0, 0.05) is 5.02 Å². The van der Waals surface area contributed by atoms with Gasteiger partial charge in [-0.2, -0.15) is 0 Å². The van der Waals surface area contributed by atoms with E-state index in [4.69, 9.17) is 20.5 Å². The first-order valence-electron chi connectivity index (χ1n) is 8.76. The normalized spacial score (nSPS) is 15.6. The van der Waals surface area contributed by atoms with Crippen LogP contribution in [0.2, 0.25) is 69.5 Å². The molecule has 2 atom stereocenters. The molecule has 0 N–H and O–H groups in total. The molecule has 0 aromatic heterocycles. The number of benzene rings is 1. The van der Waals surface area contributed by atoms with Crippen LogP contribution in [0.3, 0.4) is 0 Å². The van der Waals surface area contributed by atoms with E-state index in [-0.39, 0.29) is 17.6 Å². The first kappa shape index (κ1) is 22.6. The van der Waals surface area contributed by atoms with Crippen molar-refractivity contribution >= 4 is 42.3 Å². The highest BCUT2D eigenvalue weighted by Crippen LogP contribution is 2.41. The van der Waals surface area contributed by atoms with Gasteiger partial charge in [-0.3, -0.25) is 4.79 Å². The largest absolute Gasteiger partial charge is 0.520 e. The summed E-state index contributed by atoms with van der Waals surface area (Å²) in [6, 6.07) is 7.68. The predicted molar refractivity (Wildman–Crippen MR) is 115 cm³/mol. The lowest BCUT2D eigenvalue weighted by Crippen LogP contribution is -2.45. The molecule has 0 saturated carbocycles. The van der Waals surface area contributed by atoms with Crippen LogP contribution in [0.5, 0.6) is 0 Å². The van der Waals surface area contributed by atoms with E-state index in [1.807, 2.05) is 43.9 Å². The molecule has 0 radical (unpaired) electrons. The van der Waals surface area contributed by atoms with Crippen molar-refractivity contribution in [3.63, 3.8) is 0 Å². The topological polar surface area (TPSA) is 35.5 Å². The van der Waals surface area contributed by atoms with Gasteiger partial charge < -0.3 is 8.85 Å². The Balaban J connectivity index is 3.37. The Kier molecular flexibility index (Phi) is 7.32. The molecular formula is C18H33ClO3Si3. The van der Waals surface area contributed by atoms with Crippen LogP contribution in [0.25, 0.3) is 0 Å². The Morgan fingerprint density at radius 3 is 1.72 bits per heavy atom. The van der Waals surface area contributed by atoms with Gasteiger partial charge in [0.2, 0.25) is 8.32 Å². The van der Waals surface area contributed by atoms with Crippen molar-refractivity contribution in [2.45, 2.75) is 70.6 Å². The maximum atomic E-state index is 13.1. The highest BCUT2D eigenvalue weighted by Gasteiger charge is 2.44. The smallest absolute Gasteiger partial charge is 0.295 e. The Labute approximate surface area is 161 Å². The number of carbonyl (C=O) groups is 1. The van der Waals surface area contributed by atoms with Gasteiger partial charge in [-0.25, -0.2) is 0 Å². The van der Waals surface area contributed by atoms with Gasteiger partial charge >= 0.3 is 0 Å². The van der Waals surface area contributed by atoms with Gasteiger partial charge in [0.05, 0.1) is 19.7 Å². The van der Waals surface area contributed by atoms with Gasteiger partial charge in [-0.05, 0) is 57.0 Å². The molecule has 3 nitrogen and oxygen atoms in total. The molecule has 1 aromatic rings. The van der Waals surface area contributed by atoms with Crippen LogP contribution in [-0.2, 0) is 13.6 Å². The zero-order valence-electron chi connectivity index (χ0n) is 17.1. The summed E-state index contributed by atoms with van der Waals surface area (Å²) in [6.07, 6.45) is -0.278. The van der Waals surface area contributed by atoms with E-state index in [2.05, 4.69) is 39.3 Å². The molecule has 0 bridgehead atoms.